The summed E-state index contributed by atoms with van der Waals surface area (Å²) in [5.74, 6) is 1.44. The van der Waals surface area contributed by atoms with Gasteiger partial charge < -0.3 is 15.1 Å². The summed E-state index contributed by atoms with van der Waals surface area (Å²) in [4.78, 5) is 26.5. The Balaban J connectivity index is 1.39. The summed E-state index contributed by atoms with van der Waals surface area (Å²) >= 11 is 0. The lowest BCUT2D eigenvalue weighted by Crippen LogP contribution is -2.47. The summed E-state index contributed by atoms with van der Waals surface area (Å²) in [6.07, 6.45) is 8.00. The maximum absolute atomic E-state index is 13.3. The van der Waals surface area contributed by atoms with Crippen LogP contribution in [0.15, 0.2) is 36.7 Å². The molecule has 0 radical (unpaired) electrons. The van der Waals surface area contributed by atoms with Gasteiger partial charge in [0, 0.05) is 55.9 Å². The van der Waals surface area contributed by atoms with Crippen LogP contribution < -0.4 is 10.2 Å². The normalized spacial score (nSPS) is 24.1. The van der Waals surface area contributed by atoms with E-state index >= 15 is 0 Å². The quantitative estimate of drug-likeness (QED) is 0.889. The number of anilines is 2. The standard InChI is InChI=1S/C21H25N5O/c27-20(17-5-7-19-16(11-17)3-1-8-22-19)26-13-15-4-6-18(26)14-25(12-15)21-23-9-2-10-24-21/h2,5,7,9-11,15,18,22H,1,3-4,6,8,12-14H2/t15-,18+/m0/s1. The van der Waals surface area contributed by atoms with Crippen molar-refractivity contribution in [1.82, 2.24) is 14.9 Å². The van der Waals surface area contributed by atoms with Crippen molar-refractivity contribution < 1.29 is 4.79 Å². The summed E-state index contributed by atoms with van der Waals surface area (Å²) in [6, 6.07) is 8.23. The van der Waals surface area contributed by atoms with Crippen LogP contribution in [0.25, 0.3) is 0 Å². The summed E-state index contributed by atoms with van der Waals surface area (Å²) in [6.45, 7) is 3.60. The van der Waals surface area contributed by atoms with Crippen LogP contribution in [0.4, 0.5) is 11.6 Å². The molecule has 6 nitrogen and oxygen atoms in total. The summed E-state index contributed by atoms with van der Waals surface area (Å²) < 4.78 is 0. The Morgan fingerprint density at radius 3 is 2.89 bits per heavy atom. The zero-order valence-corrected chi connectivity index (χ0v) is 15.5. The van der Waals surface area contributed by atoms with E-state index in [0.717, 1.165) is 57.0 Å². The van der Waals surface area contributed by atoms with E-state index in [1.165, 1.54) is 17.7 Å². The molecule has 3 saturated heterocycles. The first-order valence-corrected chi connectivity index (χ1v) is 9.97. The second-order valence-corrected chi connectivity index (χ2v) is 7.91. The Morgan fingerprint density at radius 1 is 1.11 bits per heavy atom. The van der Waals surface area contributed by atoms with E-state index < -0.39 is 0 Å². The fraction of sp³-hybridized carbons (Fsp3) is 0.476. The summed E-state index contributed by atoms with van der Waals surface area (Å²) in [5, 5.41) is 3.42. The molecule has 4 aliphatic rings. The molecular formula is C21H25N5O. The average molecular weight is 363 g/mol. The molecule has 6 rings (SSSR count). The van der Waals surface area contributed by atoms with E-state index in [9.17, 15) is 4.79 Å². The largest absolute Gasteiger partial charge is 0.385 e. The van der Waals surface area contributed by atoms with Crippen molar-refractivity contribution in [2.24, 2.45) is 5.92 Å². The zero-order chi connectivity index (χ0) is 18.2. The van der Waals surface area contributed by atoms with Gasteiger partial charge in [-0.1, -0.05) is 0 Å². The number of amides is 1. The third-order valence-corrected chi connectivity index (χ3v) is 6.10. The van der Waals surface area contributed by atoms with E-state index in [1.807, 2.05) is 12.1 Å². The van der Waals surface area contributed by atoms with Crippen molar-refractivity contribution in [3.05, 3.63) is 47.8 Å². The predicted molar refractivity (Wildman–Crippen MR) is 105 cm³/mol. The number of piperidine rings is 1. The number of fused-ring (bicyclic) bond motifs is 5. The number of nitrogens with one attached hydrogen (secondary N) is 1. The Morgan fingerprint density at radius 2 is 2.00 bits per heavy atom. The monoisotopic (exact) mass is 363 g/mol. The molecule has 140 valence electrons. The Hall–Kier alpha value is -2.63. The van der Waals surface area contributed by atoms with Gasteiger partial charge in [-0.2, -0.15) is 0 Å². The number of aryl methyl sites for hydroxylation is 1. The van der Waals surface area contributed by atoms with E-state index in [1.54, 1.807) is 12.4 Å². The molecule has 3 fully saturated rings. The molecule has 2 bridgehead atoms. The van der Waals surface area contributed by atoms with Gasteiger partial charge in [-0.05, 0) is 61.4 Å². The number of rotatable bonds is 2. The van der Waals surface area contributed by atoms with Crippen LogP contribution in [0.2, 0.25) is 0 Å². The van der Waals surface area contributed by atoms with Gasteiger partial charge in [0.2, 0.25) is 5.95 Å². The van der Waals surface area contributed by atoms with Crippen LogP contribution in [0.5, 0.6) is 0 Å². The lowest BCUT2D eigenvalue weighted by Gasteiger charge is -2.36. The first-order valence-electron chi connectivity index (χ1n) is 9.97. The molecule has 0 spiro atoms. The smallest absolute Gasteiger partial charge is 0.254 e. The highest BCUT2D eigenvalue weighted by Gasteiger charge is 2.38. The topological polar surface area (TPSA) is 61.4 Å². The highest BCUT2D eigenvalue weighted by Crippen LogP contribution is 2.31. The maximum Gasteiger partial charge on any atom is 0.254 e. The molecule has 1 amide bonds. The molecule has 4 aliphatic heterocycles. The first-order chi connectivity index (χ1) is 13.3. The zero-order valence-electron chi connectivity index (χ0n) is 15.5. The molecule has 1 aromatic carbocycles. The summed E-state index contributed by atoms with van der Waals surface area (Å²) in [5.41, 5.74) is 3.28. The van der Waals surface area contributed by atoms with Crippen molar-refractivity contribution in [2.75, 3.05) is 36.4 Å². The van der Waals surface area contributed by atoms with Gasteiger partial charge in [0.1, 0.15) is 0 Å². The van der Waals surface area contributed by atoms with Crippen molar-refractivity contribution in [1.29, 1.82) is 0 Å². The van der Waals surface area contributed by atoms with Crippen LogP contribution >= 0.6 is 0 Å². The first kappa shape index (κ1) is 16.5. The third-order valence-electron chi connectivity index (χ3n) is 6.10. The van der Waals surface area contributed by atoms with Crippen LogP contribution in [-0.2, 0) is 6.42 Å². The predicted octanol–water partition coefficient (Wildman–Crippen LogP) is 2.58. The average Bonchev–Trinajstić information content (AvgIpc) is 3.06. The minimum absolute atomic E-state index is 0.175. The van der Waals surface area contributed by atoms with Gasteiger partial charge in [-0.15, -0.1) is 0 Å². The molecule has 5 heterocycles. The lowest BCUT2D eigenvalue weighted by molar-refractivity contribution is 0.0592. The Labute approximate surface area is 159 Å². The van der Waals surface area contributed by atoms with Crippen molar-refractivity contribution in [2.45, 2.75) is 31.7 Å². The number of nitrogens with zero attached hydrogens (tertiary/aromatic N) is 4. The number of carbonyl (C=O) groups is 1. The van der Waals surface area contributed by atoms with Gasteiger partial charge in [0.05, 0.1) is 0 Å². The van der Waals surface area contributed by atoms with Gasteiger partial charge in [-0.3, -0.25) is 4.79 Å². The molecular weight excluding hydrogens is 338 g/mol. The van der Waals surface area contributed by atoms with Gasteiger partial charge in [-0.25, -0.2) is 9.97 Å². The van der Waals surface area contributed by atoms with E-state index in [4.69, 9.17) is 0 Å². The number of hydrogen-bond acceptors (Lipinski definition) is 5. The number of hydrogen-bond donors (Lipinski definition) is 1. The Bertz CT molecular complexity index is 840. The molecule has 2 atom stereocenters. The number of carbonyl (C=O) groups excluding carboxylic acids is 1. The minimum atomic E-state index is 0.175. The minimum Gasteiger partial charge on any atom is -0.385 e. The lowest BCUT2D eigenvalue weighted by atomic mass is 9.93. The highest BCUT2D eigenvalue weighted by atomic mass is 16.2. The van der Waals surface area contributed by atoms with Crippen LogP contribution in [0.3, 0.4) is 0 Å². The molecule has 1 aromatic heterocycles. The fourth-order valence-corrected chi connectivity index (χ4v) is 4.72. The second-order valence-electron chi connectivity index (χ2n) is 7.91. The SMILES string of the molecule is O=C(c1ccc2c(c1)CCCN2)N1C[C@H]2CC[C@@H]1CN(c1ncccn1)C2. The molecule has 0 unspecified atom stereocenters. The molecule has 27 heavy (non-hydrogen) atoms. The van der Waals surface area contributed by atoms with Crippen LogP contribution in [0, 0.1) is 5.92 Å². The Kier molecular flexibility index (Phi) is 4.19. The maximum atomic E-state index is 13.3. The highest BCUT2D eigenvalue weighted by molar-refractivity contribution is 5.95. The van der Waals surface area contributed by atoms with Gasteiger partial charge in [0.25, 0.3) is 5.91 Å². The van der Waals surface area contributed by atoms with Gasteiger partial charge in [0.15, 0.2) is 0 Å². The van der Waals surface area contributed by atoms with E-state index in [0.29, 0.717) is 5.92 Å². The van der Waals surface area contributed by atoms with Crippen molar-refractivity contribution in [3.8, 4) is 0 Å². The third kappa shape index (κ3) is 3.13. The summed E-state index contributed by atoms with van der Waals surface area (Å²) in [7, 11) is 0. The van der Waals surface area contributed by atoms with Crippen molar-refractivity contribution in [3.63, 3.8) is 0 Å². The van der Waals surface area contributed by atoms with E-state index in [2.05, 4.69) is 37.2 Å². The number of aromatic nitrogens is 2. The fourth-order valence-electron chi connectivity index (χ4n) is 4.72. The van der Waals surface area contributed by atoms with Crippen LogP contribution in [0.1, 0.15) is 35.2 Å². The second kappa shape index (κ2) is 6.83. The number of benzene rings is 1. The molecule has 6 heteroatoms. The molecule has 0 aliphatic carbocycles. The van der Waals surface area contributed by atoms with Gasteiger partial charge >= 0.3 is 0 Å². The molecule has 0 saturated carbocycles. The van der Waals surface area contributed by atoms with E-state index in [-0.39, 0.29) is 11.9 Å². The molecule has 2 aromatic rings. The van der Waals surface area contributed by atoms with Crippen molar-refractivity contribution >= 4 is 17.5 Å². The van der Waals surface area contributed by atoms with Crippen LogP contribution in [-0.4, -0.2) is 53.0 Å². The molecule has 1 N–H and O–H groups in total.